The molecule has 1 fully saturated rings. The minimum Gasteiger partial charge on any atom is -0.352 e. The van der Waals surface area contributed by atoms with Crippen molar-refractivity contribution in [2.45, 2.75) is 32.0 Å². The lowest BCUT2D eigenvalue weighted by atomic mass is 10.0. The maximum atomic E-state index is 13.1. The summed E-state index contributed by atoms with van der Waals surface area (Å²) in [6.45, 7) is 2.76. The van der Waals surface area contributed by atoms with Crippen molar-refractivity contribution in [2.24, 2.45) is 7.05 Å². The van der Waals surface area contributed by atoms with E-state index in [1.807, 2.05) is 41.9 Å². The molecule has 0 bridgehead atoms. The molecule has 0 spiro atoms. The molecule has 0 radical (unpaired) electrons. The van der Waals surface area contributed by atoms with E-state index < -0.39 is 0 Å². The lowest BCUT2D eigenvalue weighted by Gasteiger charge is -2.32. The van der Waals surface area contributed by atoms with Gasteiger partial charge in [0, 0.05) is 49.0 Å². The molecule has 4 aromatic rings. The monoisotopic (exact) mass is 429 g/mol. The summed E-state index contributed by atoms with van der Waals surface area (Å²) < 4.78 is 3.15. The highest BCUT2D eigenvalue weighted by Crippen LogP contribution is 2.24. The van der Waals surface area contributed by atoms with E-state index in [4.69, 9.17) is 0 Å². The van der Waals surface area contributed by atoms with Crippen molar-refractivity contribution in [1.82, 2.24) is 24.6 Å². The summed E-state index contributed by atoms with van der Waals surface area (Å²) in [6.07, 6.45) is 3.50. The smallest absolute Gasteiger partial charge is 0.291 e. The van der Waals surface area contributed by atoms with Gasteiger partial charge in [0.25, 0.3) is 5.56 Å². The van der Waals surface area contributed by atoms with Crippen LogP contribution in [0.3, 0.4) is 0 Å². The fraction of sp³-hybridized carbons (Fsp3) is 0.320. The van der Waals surface area contributed by atoms with Crippen LogP contribution >= 0.6 is 0 Å². The minimum absolute atomic E-state index is 0.0689. The Hall–Kier alpha value is -3.45. The summed E-state index contributed by atoms with van der Waals surface area (Å²) in [5, 5.41) is 9.19. The van der Waals surface area contributed by atoms with E-state index in [0.29, 0.717) is 5.52 Å². The number of rotatable bonds is 5. The van der Waals surface area contributed by atoms with Gasteiger partial charge in [-0.3, -0.25) is 14.5 Å². The molecule has 7 heteroatoms. The summed E-state index contributed by atoms with van der Waals surface area (Å²) >= 11 is 0. The molecular weight excluding hydrogens is 402 g/mol. The standard InChI is InChI=1S/C25H27N5O2/c1-28-22-10-6-5-9-20(22)21-15-26-30(25(32)24(21)28)17-23(31)27-19-11-13-29(14-12-19)16-18-7-3-2-4-8-18/h2-10,15,19H,11-14,16-17H2,1H3,(H,27,31). The molecule has 2 aromatic heterocycles. The fourth-order valence-electron chi connectivity index (χ4n) is 4.71. The van der Waals surface area contributed by atoms with Gasteiger partial charge in [0.15, 0.2) is 0 Å². The molecule has 1 aliphatic rings. The number of aromatic nitrogens is 3. The number of hydrogen-bond donors (Lipinski definition) is 1. The van der Waals surface area contributed by atoms with Crippen LogP contribution in [0.2, 0.25) is 0 Å². The normalized spacial score (nSPS) is 15.4. The number of nitrogens with one attached hydrogen (secondary N) is 1. The maximum absolute atomic E-state index is 13.1. The number of fused-ring (bicyclic) bond motifs is 3. The molecule has 5 rings (SSSR count). The third-order valence-corrected chi connectivity index (χ3v) is 6.40. The van der Waals surface area contributed by atoms with E-state index >= 15 is 0 Å². The lowest BCUT2D eigenvalue weighted by Crippen LogP contribution is -2.46. The highest BCUT2D eigenvalue weighted by atomic mass is 16.2. The molecule has 0 atom stereocenters. The average molecular weight is 430 g/mol. The zero-order valence-corrected chi connectivity index (χ0v) is 18.2. The van der Waals surface area contributed by atoms with Gasteiger partial charge < -0.3 is 9.88 Å². The van der Waals surface area contributed by atoms with Crippen LogP contribution in [0.25, 0.3) is 21.8 Å². The van der Waals surface area contributed by atoms with Gasteiger partial charge in [-0.05, 0) is 24.5 Å². The first kappa shape index (κ1) is 20.5. The number of benzene rings is 2. The number of carbonyl (C=O) groups excluding carboxylic acids is 1. The second-order valence-electron chi connectivity index (χ2n) is 8.55. The Kier molecular flexibility index (Phi) is 5.49. The molecule has 1 N–H and O–H groups in total. The van der Waals surface area contributed by atoms with Gasteiger partial charge >= 0.3 is 0 Å². The van der Waals surface area contributed by atoms with Crippen molar-refractivity contribution in [2.75, 3.05) is 13.1 Å². The van der Waals surface area contributed by atoms with Crippen LogP contribution in [0.5, 0.6) is 0 Å². The Bertz CT molecular complexity index is 1320. The van der Waals surface area contributed by atoms with Crippen LogP contribution in [0.4, 0.5) is 0 Å². The Labute approximate surface area is 186 Å². The molecule has 0 unspecified atom stereocenters. The summed E-state index contributed by atoms with van der Waals surface area (Å²) in [7, 11) is 1.87. The largest absolute Gasteiger partial charge is 0.352 e. The Morgan fingerprint density at radius 3 is 2.53 bits per heavy atom. The van der Waals surface area contributed by atoms with Gasteiger partial charge in [0.05, 0.1) is 6.20 Å². The van der Waals surface area contributed by atoms with Crippen LogP contribution in [-0.4, -0.2) is 44.3 Å². The number of amides is 1. The van der Waals surface area contributed by atoms with Crippen LogP contribution < -0.4 is 10.9 Å². The van der Waals surface area contributed by atoms with Crippen LogP contribution in [0.1, 0.15) is 18.4 Å². The second kappa shape index (κ2) is 8.59. The number of likely N-dealkylation sites (tertiary alicyclic amines) is 1. The van der Waals surface area contributed by atoms with Crippen molar-refractivity contribution in [3.05, 3.63) is 76.7 Å². The number of aryl methyl sites for hydroxylation is 1. The molecule has 1 aliphatic heterocycles. The Morgan fingerprint density at radius 2 is 1.75 bits per heavy atom. The van der Waals surface area contributed by atoms with Gasteiger partial charge in [-0.1, -0.05) is 48.5 Å². The van der Waals surface area contributed by atoms with E-state index in [9.17, 15) is 9.59 Å². The van der Waals surface area contributed by atoms with Gasteiger partial charge in [-0.15, -0.1) is 0 Å². The number of nitrogens with zero attached hydrogens (tertiary/aromatic N) is 4. The molecule has 164 valence electrons. The molecule has 0 aliphatic carbocycles. The first-order chi connectivity index (χ1) is 15.6. The van der Waals surface area contributed by atoms with Gasteiger partial charge in [0.2, 0.25) is 5.91 Å². The van der Waals surface area contributed by atoms with E-state index in [-0.39, 0.29) is 24.1 Å². The first-order valence-corrected chi connectivity index (χ1v) is 11.1. The molecule has 7 nitrogen and oxygen atoms in total. The lowest BCUT2D eigenvalue weighted by molar-refractivity contribution is -0.122. The minimum atomic E-state index is -0.242. The van der Waals surface area contributed by atoms with Crippen molar-refractivity contribution < 1.29 is 4.79 Å². The molecule has 0 saturated carbocycles. The molecule has 32 heavy (non-hydrogen) atoms. The second-order valence-corrected chi connectivity index (χ2v) is 8.55. The third-order valence-electron chi connectivity index (χ3n) is 6.40. The molecule has 3 heterocycles. The average Bonchev–Trinajstić information content (AvgIpc) is 3.10. The zero-order valence-electron chi connectivity index (χ0n) is 18.2. The summed E-state index contributed by atoms with van der Waals surface area (Å²) in [4.78, 5) is 28.1. The Morgan fingerprint density at radius 1 is 1.03 bits per heavy atom. The predicted molar refractivity (Wildman–Crippen MR) is 125 cm³/mol. The summed E-state index contributed by atoms with van der Waals surface area (Å²) in [5.74, 6) is -0.167. The summed E-state index contributed by atoms with van der Waals surface area (Å²) in [5.41, 5.74) is 2.62. The highest BCUT2D eigenvalue weighted by Gasteiger charge is 2.21. The number of para-hydroxylation sites is 1. The number of hydrogen-bond acceptors (Lipinski definition) is 4. The highest BCUT2D eigenvalue weighted by molar-refractivity contribution is 6.07. The first-order valence-electron chi connectivity index (χ1n) is 11.1. The summed E-state index contributed by atoms with van der Waals surface area (Å²) in [6, 6.07) is 18.4. The van der Waals surface area contributed by atoms with Crippen molar-refractivity contribution >= 4 is 27.7 Å². The van der Waals surface area contributed by atoms with E-state index in [1.54, 1.807) is 6.20 Å². The third kappa shape index (κ3) is 3.91. The van der Waals surface area contributed by atoms with E-state index in [0.717, 1.165) is 48.8 Å². The Balaban J connectivity index is 1.23. The molecule has 1 amide bonds. The number of carbonyl (C=O) groups is 1. The van der Waals surface area contributed by atoms with Crippen LogP contribution in [0, 0.1) is 0 Å². The van der Waals surface area contributed by atoms with Gasteiger partial charge in [-0.25, -0.2) is 4.68 Å². The maximum Gasteiger partial charge on any atom is 0.291 e. The van der Waals surface area contributed by atoms with E-state index in [2.05, 4.69) is 39.6 Å². The van der Waals surface area contributed by atoms with Gasteiger partial charge in [0.1, 0.15) is 12.1 Å². The zero-order chi connectivity index (χ0) is 22.1. The quantitative estimate of drug-likeness (QED) is 0.530. The molecular formula is C25H27N5O2. The fourth-order valence-corrected chi connectivity index (χ4v) is 4.71. The predicted octanol–water partition coefficient (Wildman–Crippen LogP) is 2.67. The molecule has 2 aromatic carbocycles. The van der Waals surface area contributed by atoms with Crippen LogP contribution in [-0.2, 0) is 24.9 Å². The van der Waals surface area contributed by atoms with E-state index in [1.165, 1.54) is 10.2 Å². The molecule has 1 saturated heterocycles. The topological polar surface area (TPSA) is 72.2 Å². The van der Waals surface area contributed by atoms with Crippen LogP contribution in [0.15, 0.2) is 65.6 Å². The SMILES string of the molecule is Cn1c2ccccc2c2cnn(CC(=O)NC3CCN(Cc4ccccc4)CC3)c(=O)c21. The van der Waals surface area contributed by atoms with Crippen molar-refractivity contribution in [3.8, 4) is 0 Å². The van der Waals surface area contributed by atoms with Gasteiger partial charge in [-0.2, -0.15) is 5.10 Å². The van der Waals surface area contributed by atoms with Crippen molar-refractivity contribution in [3.63, 3.8) is 0 Å². The number of piperidine rings is 1. The van der Waals surface area contributed by atoms with Crippen molar-refractivity contribution in [1.29, 1.82) is 0 Å².